The fourth-order valence-electron chi connectivity index (χ4n) is 2.91. The molecule has 0 aliphatic carbocycles. The Morgan fingerprint density at radius 3 is 2.71 bits per heavy atom. The Morgan fingerprint density at radius 1 is 1.29 bits per heavy atom. The van der Waals surface area contributed by atoms with Crippen molar-refractivity contribution in [3.05, 3.63) is 56.4 Å². The van der Waals surface area contributed by atoms with Crippen LogP contribution < -0.4 is 11.2 Å². The number of ether oxygens (including phenoxy) is 1. The Morgan fingerprint density at radius 2 is 2.00 bits per heavy atom. The lowest BCUT2D eigenvalue weighted by Gasteiger charge is -2.17. The number of aliphatic hydroxyl groups excluding tert-OH is 1. The average molecular weight is 412 g/mol. The third-order valence-corrected chi connectivity index (χ3v) is 5.91. The van der Waals surface area contributed by atoms with Crippen molar-refractivity contribution in [1.29, 1.82) is 0 Å². The number of aromatic hydroxyl groups is 1. The van der Waals surface area contributed by atoms with Gasteiger partial charge >= 0.3 is 5.69 Å². The van der Waals surface area contributed by atoms with Crippen LogP contribution in [0.25, 0.3) is 0 Å². The van der Waals surface area contributed by atoms with Crippen molar-refractivity contribution in [2.45, 2.75) is 43.6 Å². The number of aromatic amines is 1. The second-order valence-corrected chi connectivity index (χ2v) is 8.18. The van der Waals surface area contributed by atoms with E-state index >= 15 is 0 Å². The maximum absolute atomic E-state index is 12.4. The van der Waals surface area contributed by atoms with E-state index in [0.717, 1.165) is 10.6 Å². The smallest absolute Gasteiger partial charge is 0.330 e. The molecule has 28 heavy (non-hydrogen) atoms. The van der Waals surface area contributed by atoms with Gasteiger partial charge in [0.2, 0.25) is 0 Å². The van der Waals surface area contributed by atoms with E-state index in [-0.39, 0.29) is 17.1 Å². The molecule has 3 atom stereocenters. The van der Waals surface area contributed by atoms with Gasteiger partial charge in [0, 0.05) is 24.2 Å². The topological polar surface area (TPSA) is 148 Å². The van der Waals surface area contributed by atoms with Gasteiger partial charge in [-0.1, -0.05) is 6.07 Å². The maximum atomic E-state index is 12.4. The van der Waals surface area contributed by atoms with E-state index < -0.39 is 46.4 Å². The van der Waals surface area contributed by atoms with Crippen LogP contribution in [0.4, 0.5) is 0 Å². The minimum absolute atomic E-state index is 0.0185. The summed E-state index contributed by atoms with van der Waals surface area (Å²) in [6, 6.07) is 3.86. The third kappa shape index (κ3) is 4.02. The molecule has 2 heterocycles. The number of benzene rings is 1. The summed E-state index contributed by atoms with van der Waals surface area (Å²) in [5.41, 5.74) is -0.539. The number of rotatable bonds is 5. The Hall–Kier alpha value is -2.47. The van der Waals surface area contributed by atoms with Gasteiger partial charge in [0.1, 0.15) is 23.0 Å². The number of H-pyrrole nitrogens is 1. The number of phenolic OH excluding ortho intramolecular Hbond substituents is 1. The predicted molar refractivity (Wildman–Crippen MR) is 96.6 cm³/mol. The molecule has 1 aliphatic rings. The van der Waals surface area contributed by atoms with Crippen LogP contribution in [0.15, 0.2) is 38.9 Å². The number of nitrogens with zero attached hydrogens (tertiary/aromatic N) is 1. The van der Waals surface area contributed by atoms with E-state index in [2.05, 4.69) is 4.98 Å². The van der Waals surface area contributed by atoms with Crippen LogP contribution in [-0.4, -0.2) is 47.0 Å². The minimum Gasteiger partial charge on any atom is -0.508 e. The normalized spacial score (nSPS) is 22.5. The van der Waals surface area contributed by atoms with Crippen LogP contribution in [-0.2, 0) is 19.0 Å². The number of nitrogens with one attached hydrogen (secondary N) is 1. The fourth-order valence-corrected chi connectivity index (χ4v) is 4.08. The second kappa shape index (κ2) is 7.51. The van der Waals surface area contributed by atoms with Gasteiger partial charge in [-0.2, -0.15) is 8.42 Å². The summed E-state index contributed by atoms with van der Waals surface area (Å²) in [7, 11) is -4.19. The molecule has 0 bridgehead atoms. The van der Waals surface area contributed by atoms with E-state index in [1.807, 2.05) is 0 Å². The molecule has 1 saturated heterocycles. The number of phenols is 1. The molecule has 0 unspecified atom stereocenters. The van der Waals surface area contributed by atoms with Crippen LogP contribution in [0.5, 0.6) is 5.75 Å². The van der Waals surface area contributed by atoms with Crippen molar-refractivity contribution in [2.75, 3.05) is 6.61 Å². The molecule has 3 rings (SSSR count). The Bertz CT molecular complexity index is 1100. The van der Waals surface area contributed by atoms with Crippen molar-refractivity contribution in [3.8, 4) is 5.75 Å². The van der Waals surface area contributed by atoms with Crippen molar-refractivity contribution < 1.29 is 27.6 Å². The SMILES string of the molecule is Cc1ccc(O)cc1S(=O)(=O)OC[C@H]1O[C@@H](n2cc(C)c(=O)[nH]c2=O)C[C@@H]1O. The second-order valence-electron chi connectivity index (χ2n) is 6.60. The van der Waals surface area contributed by atoms with E-state index in [9.17, 15) is 28.2 Å². The van der Waals surface area contributed by atoms with E-state index in [1.54, 1.807) is 6.92 Å². The van der Waals surface area contributed by atoms with Gasteiger partial charge in [-0.15, -0.1) is 0 Å². The first-order chi connectivity index (χ1) is 13.1. The van der Waals surface area contributed by atoms with Crippen LogP contribution in [0.3, 0.4) is 0 Å². The monoisotopic (exact) mass is 412 g/mol. The molecule has 0 radical (unpaired) electrons. The summed E-state index contributed by atoms with van der Waals surface area (Å²) < 4.78 is 36.5. The Balaban J connectivity index is 1.74. The zero-order valence-electron chi connectivity index (χ0n) is 15.2. The zero-order valence-corrected chi connectivity index (χ0v) is 16.0. The van der Waals surface area contributed by atoms with Gasteiger partial charge in [0.25, 0.3) is 15.7 Å². The molecule has 1 aromatic carbocycles. The lowest BCUT2D eigenvalue weighted by molar-refractivity contribution is -0.0400. The summed E-state index contributed by atoms with van der Waals surface area (Å²) >= 11 is 0. The highest BCUT2D eigenvalue weighted by atomic mass is 32.2. The molecule has 152 valence electrons. The predicted octanol–water partition coefficient (Wildman–Crippen LogP) is -0.0871. The maximum Gasteiger partial charge on any atom is 0.330 e. The van der Waals surface area contributed by atoms with Crippen LogP contribution >= 0.6 is 0 Å². The van der Waals surface area contributed by atoms with E-state index in [4.69, 9.17) is 8.92 Å². The first-order valence-corrected chi connectivity index (χ1v) is 9.84. The Labute approximate surface area is 160 Å². The summed E-state index contributed by atoms with van der Waals surface area (Å²) in [4.78, 5) is 25.4. The molecule has 1 aromatic heterocycles. The number of hydrogen-bond acceptors (Lipinski definition) is 8. The van der Waals surface area contributed by atoms with Crippen LogP contribution in [0.1, 0.15) is 23.8 Å². The van der Waals surface area contributed by atoms with Crippen LogP contribution in [0, 0.1) is 13.8 Å². The molecular weight excluding hydrogens is 392 g/mol. The largest absolute Gasteiger partial charge is 0.508 e. The van der Waals surface area contributed by atoms with Crippen molar-refractivity contribution in [3.63, 3.8) is 0 Å². The Kier molecular flexibility index (Phi) is 5.44. The zero-order chi connectivity index (χ0) is 20.6. The number of aromatic nitrogens is 2. The van der Waals surface area contributed by atoms with Gasteiger partial charge < -0.3 is 14.9 Å². The molecule has 0 saturated carbocycles. The molecular formula is C17H20N2O8S. The average Bonchev–Trinajstić information content (AvgIpc) is 2.99. The summed E-state index contributed by atoms with van der Waals surface area (Å²) in [5, 5.41) is 19.7. The molecule has 2 aromatic rings. The van der Waals surface area contributed by atoms with E-state index in [0.29, 0.717) is 11.1 Å². The first-order valence-electron chi connectivity index (χ1n) is 8.43. The quantitative estimate of drug-likeness (QED) is 0.577. The number of aliphatic hydroxyl groups is 1. The van der Waals surface area contributed by atoms with Crippen LogP contribution in [0.2, 0.25) is 0 Å². The lowest BCUT2D eigenvalue weighted by atomic mass is 10.2. The van der Waals surface area contributed by atoms with Gasteiger partial charge in [-0.05, 0) is 25.5 Å². The molecule has 0 spiro atoms. The molecule has 1 fully saturated rings. The van der Waals surface area contributed by atoms with Gasteiger partial charge in [0.15, 0.2) is 0 Å². The molecule has 11 heteroatoms. The molecule has 0 amide bonds. The molecule has 1 aliphatic heterocycles. The van der Waals surface area contributed by atoms with E-state index in [1.165, 1.54) is 25.3 Å². The van der Waals surface area contributed by atoms with Crippen molar-refractivity contribution >= 4 is 10.1 Å². The van der Waals surface area contributed by atoms with Crippen molar-refractivity contribution in [1.82, 2.24) is 9.55 Å². The fraction of sp³-hybridized carbons (Fsp3) is 0.412. The van der Waals surface area contributed by atoms with Gasteiger partial charge in [-0.25, -0.2) is 4.79 Å². The lowest BCUT2D eigenvalue weighted by Crippen LogP contribution is -2.33. The third-order valence-electron chi connectivity index (χ3n) is 4.49. The van der Waals surface area contributed by atoms with Gasteiger partial charge in [-0.3, -0.25) is 18.5 Å². The highest BCUT2D eigenvalue weighted by Crippen LogP contribution is 2.29. The highest BCUT2D eigenvalue weighted by molar-refractivity contribution is 7.86. The number of aryl methyl sites for hydroxylation is 2. The summed E-state index contributed by atoms with van der Waals surface area (Å²) in [5.74, 6) is -0.224. The first kappa shape index (κ1) is 20.3. The summed E-state index contributed by atoms with van der Waals surface area (Å²) in [6.07, 6.45) is -1.63. The van der Waals surface area contributed by atoms with Crippen molar-refractivity contribution in [2.24, 2.45) is 0 Å². The minimum atomic E-state index is -4.19. The summed E-state index contributed by atoms with van der Waals surface area (Å²) in [6.45, 7) is 2.59. The highest BCUT2D eigenvalue weighted by Gasteiger charge is 2.37. The standard InChI is InChI=1S/C17H20N2O8S/c1-9-3-4-11(20)5-14(9)28(24,25)26-8-13-12(21)6-15(27-13)19-7-10(2)16(22)18-17(19)23/h3-5,7,12-13,15,20-21H,6,8H2,1-2H3,(H,18,22,23)/t12-,13+,15+/m0/s1. The molecule has 10 nitrogen and oxygen atoms in total. The molecule has 3 N–H and O–H groups in total. The number of hydrogen-bond donors (Lipinski definition) is 3. The van der Waals surface area contributed by atoms with Gasteiger partial charge in [0.05, 0.1) is 12.7 Å².